The van der Waals surface area contributed by atoms with Crippen LogP contribution in [-0.2, 0) is 4.79 Å². The van der Waals surface area contributed by atoms with Gasteiger partial charge in [-0.1, -0.05) is 19.8 Å². The Morgan fingerprint density at radius 2 is 2.06 bits per heavy atom. The monoisotopic (exact) mass is 226 g/mol. The predicted molar refractivity (Wildman–Crippen MR) is 64.8 cm³/mol. The summed E-state index contributed by atoms with van der Waals surface area (Å²) in [4.78, 5) is 11.4. The summed E-state index contributed by atoms with van der Waals surface area (Å²) in [6.45, 7) is 6.24. The molecule has 0 bridgehead atoms. The van der Waals surface area contributed by atoms with E-state index in [-0.39, 0.29) is 18.5 Å². The molecular weight excluding hydrogens is 204 g/mol. The molecule has 0 aromatic rings. The van der Waals surface area contributed by atoms with Gasteiger partial charge in [-0.2, -0.15) is 0 Å². The fourth-order valence-corrected chi connectivity index (χ4v) is 1.23. The molecular formula is C12H22N2O2. The molecule has 0 aliphatic carbocycles. The Balaban J connectivity index is 4.01. The van der Waals surface area contributed by atoms with E-state index in [0.29, 0.717) is 19.4 Å². The van der Waals surface area contributed by atoms with E-state index >= 15 is 0 Å². The third-order valence-electron chi connectivity index (χ3n) is 2.81. The van der Waals surface area contributed by atoms with Crippen molar-refractivity contribution in [1.82, 2.24) is 10.6 Å². The SMILES string of the molecule is C#CCNC(=O)C(C)NCC(O)(CC)CC. The lowest BCUT2D eigenvalue weighted by molar-refractivity contribution is -0.122. The number of carbonyl (C=O) groups is 1. The van der Waals surface area contributed by atoms with Crippen LogP contribution in [0.1, 0.15) is 33.6 Å². The van der Waals surface area contributed by atoms with Gasteiger partial charge in [0.25, 0.3) is 0 Å². The highest BCUT2D eigenvalue weighted by molar-refractivity contribution is 5.81. The van der Waals surface area contributed by atoms with E-state index in [2.05, 4.69) is 16.6 Å². The van der Waals surface area contributed by atoms with Crippen LogP contribution in [0.2, 0.25) is 0 Å². The van der Waals surface area contributed by atoms with Gasteiger partial charge in [0.2, 0.25) is 5.91 Å². The van der Waals surface area contributed by atoms with Gasteiger partial charge in [-0.15, -0.1) is 6.42 Å². The zero-order valence-corrected chi connectivity index (χ0v) is 10.3. The van der Waals surface area contributed by atoms with Crippen LogP contribution in [-0.4, -0.2) is 35.7 Å². The first-order valence-corrected chi connectivity index (χ1v) is 5.66. The highest BCUT2D eigenvalue weighted by Crippen LogP contribution is 2.12. The van der Waals surface area contributed by atoms with Crippen LogP contribution in [0.3, 0.4) is 0 Å². The Hall–Kier alpha value is -1.05. The molecule has 1 unspecified atom stereocenters. The molecule has 0 aliphatic heterocycles. The Morgan fingerprint density at radius 1 is 1.50 bits per heavy atom. The van der Waals surface area contributed by atoms with Gasteiger partial charge >= 0.3 is 0 Å². The van der Waals surface area contributed by atoms with E-state index in [0.717, 1.165) is 0 Å². The number of hydrogen-bond donors (Lipinski definition) is 3. The lowest BCUT2D eigenvalue weighted by atomic mass is 9.97. The molecule has 1 amide bonds. The highest BCUT2D eigenvalue weighted by atomic mass is 16.3. The van der Waals surface area contributed by atoms with Gasteiger partial charge < -0.3 is 15.7 Å². The van der Waals surface area contributed by atoms with Crippen molar-refractivity contribution in [2.75, 3.05) is 13.1 Å². The van der Waals surface area contributed by atoms with Gasteiger partial charge in [-0.3, -0.25) is 4.79 Å². The van der Waals surface area contributed by atoms with Crippen molar-refractivity contribution < 1.29 is 9.90 Å². The maximum atomic E-state index is 11.4. The normalized spacial score (nSPS) is 12.9. The zero-order valence-electron chi connectivity index (χ0n) is 10.3. The molecule has 0 aromatic carbocycles. The van der Waals surface area contributed by atoms with Gasteiger partial charge in [-0.25, -0.2) is 0 Å². The van der Waals surface area contributed by atoms with Crippen molar-refractivity contribution in [2.45, 2.75) is 45.3 Å². The molecule has 0 saturated heterocycles. The molecule has 0 radical (unpaired) electrons. The van der Waals surface area contributed by atoms with E-state index in [1.807, 2.05) is 13.8 Å². The van der Waals surface area contributed by atoms with Crippen molar-refractivity contribution in [3.8, 4) is 12.3 Å². The van der Waals surface area contributed by atoms with E-state index in [9.17, 15) is 9.90 Å². The third-order valence-corrected chi connectivity index (χ3v) is 2.81. The number of amides is 1. The van der Waals surface area contributed by atoms with Crippen molar-refractivity contribution >= 4 is 5.91 Å². The number of rotatable bonds is 7. The first kappa shape index (κ1) is 14.9. The van der Waals surface area contributed by atoms with Gasteiger partial charge in [-0.05, 0) is 19.8 Å². The fraction of sp³-hybridized carbons (Fsp3) is 0.750. The van der Waals surface area contributed by atoms with Crippen LogP contribution in [0.25, 0.3) is 0 Å². The summed E-state index contributed by atoms with van der Waals surface area (Å²) in [5.74, 6) is 2.19. The summed E-state index contributed by atoms with van der Waals surface area (Å²) in [5.41, 5.74) is -0.735. The smallest absolute Gasteiger partial charge is 0.237 e. The molecule has 0 aliphatic rings. The number of aliphatic hydroxyl groups is 1. The average Bonchev–Trinajstić information content (AvgIpc) is 2.32. The molecule has 0 fully saturated rings. The molecule has 16 heavy (non-hydrogen) atoms. The maximum absolute atomic E-state index is 11.4. The fourth-order valence-electron chi connectivity index (χ4n) is 1.23. The van der Waals surface area contributed by atoms with Crippen molar-refractivity contribution in [3.63, 3.8) is 0 Å². The molecule has 0 spiro atoms. The maximum Gasteiger partial charge on any atom is 0.237 e. The minimum atomic E-state index is -0.735. The average molecular weight is 226 g/mol. The van der Waals surface area contributed by atoms with E-state index in [4.69, 9.17) is 6.42 Å². The van der Waals surface area contributed by atoms with E-state index in [1.165, 1.54) is 0 Å². The van der Waals surface area contributed by atoms with Crippen LogP contribution < -0.4 is 10.6 Å². The molecule has 4 heteroatoms. The summed E-state index contributed by atoms with van der Waals surface area (Å²) in [5, 5.41) is 15.6. The zero-order chi connectivity index (χ0) is 12.6. The molecule has 0 heterocycles. The second kappa shape index (κ2) is 7.26. The quantitative estimate of drug-likeness (QED) is 0.546. The van der Waals surface area contributed by atoms with Crippen LogP contribution >= 0.6 is 0 Å². The third kappa shape index (κ3) is 5.15. The summed E-state index contributed by atoms with van der Waals surface area (Å²) < 4.78 is 0. The second-order valence-corrected chi connectivity index (χ2v) is 3.96. The number of carbonyl (C=O) groups excluding carboxylic acids is 1. The Kier molecular flexibility index (Phi) is 6.78. The molecule has 92 valence electrons. The summed E-state index contributed by atoms with van der Waals surface area (Å²) in [6.07, 6.45) is 6.36. The summed E-state index contributed by atoms with van der Waals surface area (Å²) in [7, 11) is 0. The van der Waals surface area contributed by atoms with Crippen LogP contribution in [0.15, 0.2) is 0 Å². The molecule has 0 rings (SSSR count). The molecule has 0 aromatic heterocycles. The number of hydrogen-bond acceptors (Lipinski definition) is 3. The minimum absolute atomic E-state index is 0.146. The number of nitrogens with one attached hydrogen (secondary N) is 2. The van der Waals surface area contributed by atoms with E-state index in [1.54, 1.807) is 6.92 Å². The minimum Gasteiger partial charge on any atom is -0.389 e. The van der Waals surface area contributed by atoms with Gasteiger partial charge in [0, 0.05) is 6.54 Å². The molecule has 0 saturated carbocycles. The lowest BCUT2D eigenvalue weighted by Crippen LogP contribution is -2.48. The Bertz CT molecular complexity index is 254. The predicted octanol–water partition coefficient (Wildman–Crippen LogP) is 0.265. The molecule has 3 N–H and O–H groups in total. The molecule has 1 atom stereocenters. The lowest BCUT2D eigenvalue weighted by Gasteiger charge is -2.27. The van der Waals surface area contributed by atoms with Crippen LogP contribution in [0.5, 0.6) is 0 Å². The Morgan fingerprint density at radius 3 is 2.50 bits per heavy atom. The van der Waals surface area contributed by atoms with Gasteiger partial charge in [0.05, 0.1) is 18.2 Å². The van der Waals surface area contributed by atoms with Crippen molar-refractivity contribution in [3.05, 3.63) is 0 Å². The largest absolute Gasteiger partial charge is 0.389 e. The van der Waals surface area contributed by atoms with Crippen LogP contribution in [0.4, 0.5) is 0 Å². The summed E-state index contributed by atoms with van der Waals surface area (Å²) >= 11 is 0. The number of terminal acetylenes is 1. The summed E-state index contributed by atoms with van der Waals surface area (Å²) in [6, 6.07) is -0.349. The Labute approximate surface area is 97.8 Å². The topological polar surface area (TPSA) is 61.4 Å². The van der Waals surface area contributed by atoms with E-state index < -0.39 is 5.60 Å². The highest BCUT2D eigenvalue weighted by Gasteiger charge is 2.23. The standard InChI is InChI=1S/C12H22N2O2/c1-5-8-13-11(15)10(4)14-9-12(16,6-2)7-3/h1,10,14,16H,6-9H2,2-4H3,(H,13,15). The van der Waals surface area contributed by atoms with Gasteiger partial charge in [0.15, 0.2) is 0 Å². The second-order valence-electron chi connectivity index (χ2n) is 3.96. The van der Waals surface area contributed by atoms with Crippen LogP contribution in [0, 0.1) is 12.3 Å². The first-order valence-electron chi connectivity index (χ1n) is 5.66. The van der Waals surface area contributed by atoms with Crippen molar-refractivity contribution in [1.29, 1.82) is 0 Å². The molecule has 4 nitrogen and oxygen atoms in total. The van der Waals surface area contributed by atoms with Gasteiger partial charge in [0.1, 0.15) is 0 Å². The van der Waals surface area contributed by atoms with Crippen molar-refractivity contribution in [2.24, 2.45) is 0 Å². The first-order chi connectivity index (χ1) is 7.49.